The molecule has 1 saturated heterocycles. The summed E-state index contributed by atoms with van der Waals surface area (Å²) < 4.78 is 5.32. The Labute approximate surface area is 181 Å². The fraction of sp³-hybridized carbons (Fsp3) is 0.360. The molecule has 160 valence electrons. The Balaban J connectivity index is 1.65. The molecule has 0 saturated carbocycles. The van der Waals surface area contributed by atoms with Gasteiger partial charge in [0.2, 0.25) is 11.8 Å². The first-order valence-electron chi connectivity index (χ1n) is 11.0. The van der Waals surface area contributed by atoms with Gasteiger partial charge in [0.05, 0.1) is 19.7 Å². The molecule has 0 radical (unpaired) electrons. The molecule has 0 aliphatic carbocycles. The Morgan fingerprint density at radius 2 is 1.87 bits per heavy atom. The number of benzene rings is 2. The van der Waals surface area contributed by atoms with E-state index in [2.05, 4.69) is 24.0 Å². The number of aromatic amines is 1. The van der Waals surface area contributed by atoms with Crippen molar-refractivity contribution in [3.05, 3.63) is 65.4 Å². The van der Waals surface area contributed by atoms with Crippen LogP contribution in [0.2, 0.25) is 0 Å². The summed E-state index contributed by atoms with van der Waals surface area (Å²) in [4.78, 5) is 33.9. The third kappa shape index (κ3) is 3.17. The van der Waals surface area contributed by atoms with Crippen LogP contribution in [0.15, 0.2) is 48.5 Å². The average molecular weight is 418 g/mol. The highest BCUT2D eigenvalue weighted by molar-refractivity contribution is 5.97. The van der Waals surface area contributed by atoms with Crippen LogP contribution in [-0.4, -0.2) is 52.8 Å². The van der Waals surface area contributed by atoms with Crippen LogP contribution in [0.25, 0.3) is 10.9 Å². The second-order valence-electron chi connectivity index (χ2n) is 8.37. The number of para-hydroxylation sites is 1. The summed E-state index contributed by atoms with van der Waals surface area (Å²) >= 11 is 0. The number of unbranched alkanes of at least 4 members (excludes halogenated alkanes) is 1. The standard InChI is InChI=1S/C25H27N3O3/c1-3-4-13-27-15-22(29)28-21(25(27)30)14-19-18-7-5-6-8-20(18)26-23(19)24(28)16-9-11-17(31-2)12-10-16/h5-12,21,24,26H,3-4,13-15H2,1-2H3/t21-,24-/m0/s1. The van der Waals surface area contributed by atoms with Gasteiger partial charge in [0.25, 0.3) is 0 Å². The molecule has 1 N–H and O–H groups in total. The van der Waals surface area contributed by atoms with E-state index in [1.807, 2.05) is 41.3 Å². The number of carbonyl (C=O) groups excluding carboxylic acids is 2. The zero-order chi connectivity index (χ0) is 21.5. The molecule has 0 spiro atoms. The van der Waals surface area contributed by atoms with Crippen LogP contribution in [0.3, 0.4) is 0 Å². The first kappa shape index (κ1) is 19.7. The van der Waals surface area contributed by atoms with Crippen molar-refractivity contribution in [1.29, 1.82) is 0 Å². The van der Waals surface area contributed by atoms with E-state index in [1.165, 1.54) is 0 Å². The number of H-pyrrole nitrogens is 1. The minimum Gasteiger partial charge on any atom is -0.497 e. The van der Waals surface area contributed by atoms with E-state index in [9.17, 15) is 9.59 Å². The smallest absolute Gasteiger partial charge is 0.246 e. The van der Waals surface area contributed by atoms with E-state index >= 15 is 0 Å². The van der Waals surface area contributed by atoms with Crippen LogP contribution in [0.4, 0.5) is 0 Å². The van der Waals surface area contributed by atoms with Crippen LogP contribution < -0.4 is 4.74 Å². The lowest BCUT2D eigenvalue weighted by molar-refractivity contribution is -0.158. The van der Waals surface area contributed by atoms with Crippen LogP contribution in [0.1, 0.15) is 42.6 Å². The summed E-state index contributed by atoms with van der Waals surface area (Å²) in [6, 6.07) is 15.2. The van der Waals surface area contributed by atoms with Gasteiger partial charge in [-0.3, -0.25) is 9.59 Å². The van der Waals surface area contributed by atoms with Gasteiger partial charge in [-0.25, -0.2) is 0 Å². The molecule has 6 heteroatoms. The fourth-order valence-corrected chi connectivity index (χ4v) is 4.99. The summed E-state index contributed by atoms with van der Waals surface area (Å²) in [6.45, 7) is 2.89. The number of carbonyl (C=O) groups is 2. The van der Waals surface area contributed by atoms with Gasteiger partial charge in [-0.05, 0) is 35.7 Å². The predicted molar refractivity (Wildman–Crippen MR) is 119 cm³/mol. The molecule has 0 bridgehead atoms. The van der Waals surface area contributed by atoms with Gasteiger partial charge in [-0.15, -0.1) is 0 Å². The highest BCUT2D eigenvalue weighted by atomic mass is 16.5. The van der Waals surface area contributed by atoms with Crippen molar-refractivity contribution in [2.75, 3.05) is 20.2 Å². The number of aromatic nitrogens is 1. The van der Waals surface area contributed by atoms with E-state index in [1.54, 1.807) is 12.0 Å². The lowest BCUT2D eigenvalue weighted by atomic mass is 9.86. The van der Waals surface area contributed by atoms with E-state index in [0.717, 1.165) is 46.3 Å². The van der Waals surface area contributed by atoms with E-state index in [-0.39, 0.29) is 24.4 Å². The number of fused-ring (bicyclic) bond motifs is 4. The number of ether oxygens (including phenoxy) is 1. The molecular formula is C25H27N3O3. The van der Waals surface area contributed by atoms with Gasteiger partial charge in [-0.2, -0.15) is 0 Å². The normalized spacial score (nSPS) is 20.7. The van der Waals surface area contributed by atoms with Crippen LogP contribution in [0, 0.1) is 0 Å². The van der Waals surface area contributed by atoms with Crippen LogP contribution in [0.5, 0.6) is 5.75 Å². The molecule has 3 aromatic rings. The Bertz CT molecular complexity index is 1130. The van der Waals surface area contributed by atoms with Gasteiger partial charge in [0.15, 0.2) is 0 Å². The number of nitrogens with zero attached hydrogens (tertiary/aromatic N) is 2. The SMILES string of the molecule is CCCCN1CC(=O)N2[C@@H](c3ccc(OC)cc3)c3[nH]c4ccccc4c3C[C@H]2C1=O. The number of amides is 2. The largest absolute Gasteiger partial charge is 0.497 e. The first-order valence-corrected chi connectivity index (χ1v) is 11.0. The Morgan fingerprint density at radius 3 is 2.61 bits per heavy atom. The van der Waals surface area contributed by atoms with Gasteiger partial charge in [0, 0.05) is 29.6 Å². The monoisotopic (exact) mass is 417 g/mol. The minimum absolute atomic E-state index is 0.00540. The van der Waals surface area contributed by atoms with E-state index < -0.39 is 6.04 Å². The van der Waals surface area contributed by atoms with E-state index in [0.29, 0.717) is 13.0 Å². The molecule has 1 fully saturated rings. The summed E-state index contributed by atoms with van der Waals surface area (Å²) in [5.74, 6) is 0.827. The van der Waals surface area contributed by atoms with Crippen LogP contribution >= 0.6 is 0 Å². The maximum absolute atomic E-state index is 13.5. The van der Waals surface area contributed by atoms with Gasteiger partial charge in [0.1, 0.15) is 11.8 Å². The zero-order valence-corrected chi connectivity index (χ0v) is 17.9. The maximum atomic E-state index is 13.5. The van der Waals surface area contributed by atoms with Gasteiger partial charge < -0.3 is 19.5 Å². The molecule has 2 amide bonds. The molecule has 31 heavy (non-hydrogen) atoms. The molecule has 2 aliphatic heterocycles. The third-order valence-electron chi connectivity index (χ3n) is 6.56. The summed E-state index contributed by atoms with van der Waals surface area (Å²) in [6.07, 6.45) is 2.44. The highest BCUT2D eigenvalue weighted by Crippen LogP contribution is 2.42. The van der Waals surface area contributed by atoms with Crippen molar-refractivity contribution in [3.63, 3.8) is 0 Å². The highest BCUT2D eigenvalue weighted by Gasteiger charge is 2.47. The van der Waals surface area contributed by atoms with E-state index in [4.69, 9.17) is 4.74 Å². The van der Waals surface area contributed by atoms with Crippen LogP contribution in [-0.2, 0) is 16.0 Å². The Morgan fingerprint density at radius 1 is 1.10 bits per heavy atom. The molecule has 0 unspecified atom stereocenters. The van der Waals surface area contributed by atoms with Crippen molar-refractivity contribution in [2.45, 2.75) is 38.3 Å². The lowest BCUT2D eigenvalue weighted by Crippen LogP contribution is -2.63. The van der Waals surface area contributed by atoms with Crippen molar-refractivity contribution in [3.8, 4) is 5.75 Å². The van der Waals surface area contributed by atoms with Crippen molar-refractivity contribution in [1.82, 2.24) is 14.8 Å². The molecule has 3 heterocycles. The molecule has 2 aromatic carbocycles. The molecule has 1 aromatic heterocycles. The van der Waals surface area contributed by atoms with Crippen molar-refractivity contribution < 1.29 is 14.3 Å². The third-order valence-corrected chi connectivity index (χ3v) is 6.56. The van der Waals surface area contributed by atoms with Crippen molar-refractivity contribution >= 4 is 22.7 Å². The molecule has 2 aliphatic rings. The number of methoxy groups -OCH3 is 1. The number of nitrogens with one attached hydrogen (secondary N) is 1. The summed E-state index contributed by atoms with van der Waals surface area (Å²) in [7, 11) is 1.64. The number of hydrogen-bond acceptors (Lipinski definition) is 3. The average Bonchev–Trinajstić information content (AvgIpc) is 3.17. The Hall–Kier alpha value is -3.28. The predicted octanol–water partition coefficient (Wildman–Crippen LogP) is 3.66. The molecular weight excluding hydrogens is 390 g/mol. The second-order valence-corrected chi connectivity index (χ2v) is 8.37. The Kier molecular flexibility index (Phi) is 4.93. The minimum atomic E-state index is -0.475. The molecule has 6 nitrogen and oxygen atoms in total. The quantitative estimate of drug-likeness (QED) is 0.689. The number of piperazine rings is 1. The maximum Gasteiger partial charge on any atom is 0.246 e. The molecule has 5 rings (SSSR count). The van der Waals surface area contributed by atoms with Crippen molar-refractivity contribution in [2.24, 2.45) is 0 Å². The first-order chi connectivity index (χ1) is 15.1. The fourth-order valence-electron chi connectivity index (χ4n) is 4.99. The molecule has 2 atom stereocenters. The zero-order valence-electron chi connectivity index (χ0n) is 17.9. The van der Waals surface area contributed by atoms with Gasteiger partial charge in [-0.1, -0.05) is 43.7 Å². The lowest BCUT2D eigenvalue weighted by Gasteiger charge is -2.47. The van der Waals surface area contributed by atoms with Gasteiger partial charge >= 0.3 is 0 Å². The number of hydrogen-bond donors (Lipinski definition) is 1. The second kappa shape index (κ2) is 7.76. The summed E-state index contributed by atoms with van der Waals surface area (Å²) in [5.41, 5.74) is 4.15. The topological polar surface area (TPSA) is 65.6 Å². The number of rotatable bonds is 5. The summed E-state index contributed by atoms with van der Waals surface area (Å²) in [5, 5.41) is 1.13.